The van der Waals surface area contributed by atoms with Gasteiger partial charge in [0.1, 0.15) is 0 Å². The normalized spacial score (nSPS) is 25.0. The third-order valence-corrected chi connectivity index (χ3v) is 4.83. The van der Waals surface area contributed by atoms with Gasteiger partial charge in [-0.1, -0.05) is 38.1 Å². The fraction of sp³-hybridized carbons (Fsp3) is 0.667. The number of hydrogen-bond acceptors (Lipinski definition) is 2. The van der Waals surface area contributed by atoms with E-state index in [1.54, 1.807) is 0 Å². The van der Waals surface area contributed by atoms with Gasteiger partial charge in [-0.2, -0.15) is 0 Å². The first kappa shape index (κ1) is 15.5. The lowest BCUT2D eigenvalue weighted by molar-refractivity contribution is 0.177. The summed E-state index contributed by atoms with van der Waals surface area (Å²) in [4.78, 5) is 2.72. The third kappa shape index (κ3) is 3.42. The maximum Gasteiger partial charge on any atom is 0.0452 e. The lowest BCUT2D eigenvalue weighted by atomic mass is 10.00. The van der Waals surface area contributed by atoms with Crippen LogP contribution in [0.3, 0.4) is 0 Å². The van der Waals surface area contributed by atoms with E-state index in [4.69, 9.17) is 0 Å². The van der Waals surface area contributed by atoms with E-state index in [-0.39, 0.29) is 0 Å². The molecule has 1 fully saturated rings. The summed E-state index contributed by atoms with van der Waals surface area (Å²) in [6.07, 6.45) is 3.99. The molecule has 2 heteroatoms. The summed E-state index contributed by atoms with van der Waals surface area (Å²) in [6, 6.07) is 10.8. The standard InChI is InChI=1S/C18H30N2/c1-5-16-12-11-15(4)20(16)13-18(19-6-2)17-10-8-7-9-14(17)3/h7-10,15-16,18-19H,5-6,11-13H2,1-4H3. The Hall–Kier alpha value is -0.860. The summed E-state index contributed by atoms with van der Waals surface area (Å²) < 4.78 is 0. The Balaban J connectivity index is 2.15. The predicted molar refractivity (Wildman–Crippen MR) is 87.1 cm³/mol. The van der Waals surface area contributed by atoms with Crippen molar-refractivity contribution in [3.8, 4) is 0 Å². The van der Waals surface area contributed by atoms with Crippen LogP contribution in [0.4, 0.5) is 0 Å². The maximum atomic E-state index is 3.69. The Labute approximate surface area is 124 Å². The van der Waals surface area contributed by atoms with E-state index in [2.05, 4.69) is 62.2 Å². The van der Waals surface area contributed by atoms with Gasteiger partial charge in [0.2, 0.25) is 0 Å². The number of aryl methyl sites for hydroxylation is 1. The van der Waals surface area contributed by atoms with Gasteiger partial charge in [0, 0.05) is 24.7 Å². The van der Waals surface area contributed by atoms with Crippen LogP contribution in [0, 0.1) is 6.92 Å². The number of rotatable bonds is 6. The fourth-order valence-corrected chi connectivity index (χ4v) is 3.60. The molecule has 1 N–H and O–H groups in total. The number of nitrogens with zero attached hydrogens (tertiary/aromatic N) is 1. The van der Waals surface area contributed by atoms with Gasteiger partial charge >= 0.3 is 0 Å². The maximum absolute atomic E-state index is 3.69. The average Bonchev–Trinajstić information content (AvgIpc) is 2.80. The minimum Gasteiger partial charge on any atom is -0.309 e. The molecule has 0 amide bonds. The molecular formula is C18H30N2. The molecule has 1 aromatic carbocycles. The lowest BCUT2D eigenvalue weighted by Gasteiger charge is -2.33. The van der Waals surface area contributed by atoms with E-state index in [1.165, 1.54) is 30.4 Å². The third-order valence-electron chi connectivity index (χ3n) is 4.83. The molecule has 1 aliphatic rings. The molecule has 1 saturated heterocycles. The van der Waals surface area contributed by atoms with Gasteiger partial charge in [0.25, 0.3) is 0 Å². The van der Waals surface area contributed by atoms with Crippen LogP contribution >= 0.6 is 0 Å². The first-order chi connectivity index (χ1) is 9.67. The summed E-state index contributed by atoms with van der Waals surface area (Å²) in [5, 5.41) is 3.69. The summed E-state index contributed by atoms with van der Waals surface area (Å²) in [5.74, 6) is 0. The summed E-state index contributed by atoms with van der Waals surface area (Å²) in [5.41, 5.74) is 2.86. The number of likely N-dealkylation sites (tertiary alicyclic amines) is 1. The Morgan fingerprint density at radius 2 is 2.00 bits per heavy atom. The second kappa shape index (κ2) is 7.24. The van der Waals surface area contributed by atoms with Gasteiger partial charge in [-0.05, 0) is 50.8 Å². The van der Waals surface area contributed by atoms with Crippen LogP contribution < -0.4 is 5.32 Å². The molecule has 3 unspecified atom stereocenters. The van der Waals surface area contributed by atoms with Crippen LogP contribution in [0.1, 0.15) is 57.2 Å². The smallest absolute Gasteiger partial charge is 0.0452 e. The second-order valence-corrected chi connectivity index (χ2v) is 6.15. The van der Waals surface area contributed by atoms with E-state index < -0.39 is 0 Å². The average molecular weight is 274 g/mol. The molecule has 2 nitrogen and oxygen atoms in total. The van der Waals surface area contributed by atoms with Gasteiger partial charge in [-0.3, -0.25) is 4.90 Å². The molecule has 0 aromatic heterocycles. The minimum atomic E-state index is 0.454. The molecule has 0 saturated carbocycles. The van der Waals surface area contributed by atoms with Gasteiger partial charge in [0.15, 0.2) is 0 Å². The Morgan fingerprint density at radius 1 is 1.25 bits per heavy atom. The molecule has 3 atom stereocenters. The number of likely N-dealkylation sites (N-methyl/N-ethyl adjacent to an activating group) is 1. The van der Waals surface area contributed by atoms with E-state index in [1.807, 2.05) is 0 Å². The van der Waals surface area contributed by atoms with E-state index in [9.17, 15) is 0 Å². The lowest BCUT2D eigenvalue weighted by Crippen LogP contribution is -2.41. The summed E-state index contributed by atoms with van der Waals surface area (Å²) in [6.45, 7) is 11.3. The minimum absolute atomic E-state index is 0.454. The SMILES string of the molecule is CCNC(CN1C(C)CCC1CC)c1ccccc1C. The highest BCUT2D eigenvalue weighted by atomic mass is 15.2. The van der Waals surface area contributed by atoms with Gasteiger partial charge in [-0.25, -0.2) is 0 Å². The molecule has 0 spiro atoms. The van der Waals surface area contributed by atoms with Gasteiger partial charge < -0.3 is 5.32 Å². The van der Waals surface area contributed by atoms with Crippen LogP contribution in [-0.4, -0.2) is 30.1 Å². The number of benzene rings is 1. The molecule has 1 aromatic rings. The Morgan fingerprint density at radius 3 is 2.65 bits per heavy atom. The Bertz CT molecular complexity index is 416. The van der Waals surface area contributed by atoms with Crippen molar-refractivity contribution in [3.63, 3.8) is 0 Å². The highest BCUT2D eigenvalue weighted by Gasteiger charge is 2.31. The second-order valence-electron chi connectivity index (χ2n) is 6.15. The zero-order chi connectivity index (χ0) is 14.5. The Kier molecular flexibility index (Phi) is 5.62. The van der Waals surface area contributed by atoms with Crippen LogP contribution in [0.25, 0.3) is 0 Å². The van der Waals surface area contributed by atoms with Crippen molar-refractivity contribution >= 4 is 0 Å². The predicted octanol–water partition coefficient (Wildman–Crippen LogP) is 3.91. The van der Waals surface area contributed by atoms with Gasteiger partial charge in [-0.15, -0.1) is 0 Å². The quantitative estimate of drug-likeness (QED) is 0.846. The molecule has 0 aliphatic carbocycles. The van der Waals surface area contributed by atoms with Crippen molar-refractivity contribution in [2.75, 3.05) is 13.1 Å². The largest absolute Gasteiger partial charge is 0.309 e. The van der Waals surface area contributed by atoms with Crippen molar-refractivity contribution in [2.45, 2.75) is 65.1 Å². The van der Waals surface area contributed by atoms with E-state index in [0.717, 1.165) is 25.2 Å². The van der Waals surface area contributed by atoms with Crippen molar-refractivity contribution in [1.82, 2.24) is 10.2 Å². The number of nitrogens with one attached hydrogen (secondary N) is 1. The van der Waals surface area contributed by atoms with Crippen molar-refractivity contribution in [3.05, 3.63) is 35.4 Å². The topological polar surface area (TPSA) is 15.3 Å². The molecule has 0 radical (unpaired) electrons. The molecule has 1 heterocycles. The molecular weight excluding hydrogens is 244 g/mol. The first-order valence-corrected chi connectivity index (χ1v) is 8.22. The number of hydrogen-bond donors (Lipinski definition) is 1. The van der Waals surface area contributed by atoms with Crippen molar-refractivity contribution < 1.29 is 0 Å². The van der Waals surface area contributed by atoms with Crippen LogP contribution in [0.15, 0.2) is 24.3 Å². The highest BCUT2D eigenvalue weighted by molar-refractivity contribution is 5.29. The highest BCUT2D eigenvalue weighted by Crippen LogP contribution is 2.29. The van der Waals surface area contributed by atoms with E-state index >= 15 is 0 Å². The van der Waals surface area contributed by atoms with Crippen LogP contribution in [0.2, 0.25) is 0 Å². The van der Waals surface area contributed by atoms with Crippen molar-refractivity contribution in [1.29, 1.82) is 0 Å². The zero-order valence-corrected chi connectivity index (χ0v) is 13.5. The molecule has 1 aliphatic heterocycles. The fourth-order valence-electron chi connectivity index (χ4n) is 3.60. The molecule has 0 bridgehead atoms. The molecule has 20 heavy (non-hydrogen) atoms. The first-order valence-electron chi connectivity index (χ1n) is 8.22. The molecule has 112 valence electrons. The van der Waals surface area contributed by atoms with Crippen molar-refractivity contribution in [2.24, 2.45) is 0 Å². The zero-order valence-electron chi connectivity index (χ0n) is 13.5. The van der Waals surface area contributed by atoms with Crippen LogP contribution in [-0.2, 0) is 0 Å². The van der Waals surface area contributed by atoms with Crippen LogP contribution in [0.5, 0.6) is 0 Å². The molecule has 2 rings (SSSR count). The summed E-state index contributed by atoms with van der Waals surface area (Å²) >= 11 is 0. The monoisotopic (exact) mass is 274 g/mol. The summed E-state index contributed by atoms with van der Waals surface area (Å²) in [7, 11) is 0. The van der Waals surface area contributed by atoms with E-state index in [0.29, 0.717) is 6.04 Å². The van der Waals surface area contributed by atoms with Gasteiger partial charge in [0.05, 0.1) is 0 Å².